The van der Waals surface area contributed by atoms with Crippen molar-refractivity contribution in [2.24, 2.45) is 0 Å². The Morgan fingerprint density at radius 2 is 2.22 bits per heavy atom. The Morgan fingerprint density at radius 3 is 2.83 bits per heavy atom. The summed E-state index contributed by atoms with van der Waals surface area (Å²) >= 11 is 3.49. The number of nitrogens with two attached hydrogens (primary N) is 1. The van der Waals surface area contributed by atoms with E-state index in [1.54, 1.807) is 0 Å². The first kappa shape index (κ1) is 13.8. The summed E-state index contributed by atoms with van der Waals surface area (Å²) in [7, 11) is -2.86. The number of nitrogens with zero attached hydrogens (tertiary/aromatic N) is 1. The van der Waals surface area contributed by atoms with Crippen LogP contribution in [0.5, 0.6) is 0 Å². The average molecular weight is 333 g/mol. The molecular formula is C12H17BrN2O2S. The molecule has 0 radical (unpaired) electrons. The lowest BCUT2D eigenvalue weighted by atomic mass is 10.1. The average Bonchev–Trinajstić information content (AvgIpc) is 2.25. The van der Waals surface area contributed by atoms with Crippen molar-refractivity contribution >= 4 is 31.5 Å². The molecule has 0 amide bonds. The molecule has 1 heterocycles. The van der Waals surface area contributed by atoms with Crippen molar-refractivity contribution < 1.29 is 8.42 Å². The fourth-order valence-corrected chi connectivity index (χ4v) is 4.35. The molecular weight excluding hydrogens is 316 g/mol. The summed E-state index contributed by atoms with van der Waals surface area (Å²) in [5, 5.41) is 0. The van der Waals surface area contributed by atoms with Gasteiger partial charge in [-0.25, -0.2) is 8.42 Å². The molecule has 18 heavy (non-hydrogen) atoms. The van der Waals surface area contributed by atoms with Gasteiger partial charge >= 0.3 is 0 Å². The van der Waals surface area contributed by atoms with E-state index in [4.69, 9.17) is 5.73 Å². The zero-order valence-corrected chi connectivity index (χ0v) is 12.7. The number of nitrogen functional groups attached to an aromatic ring is 1. The van der Waals surface area contributed by atoms with Crippen molar-refractivity contribution in [3.05, 3.63) is 28.2 Å². The highest BCUT2D eigenvalue weighted by Gasteiger charge is 2.28. The summed E-state index contributed by atoms with van der Waals surface area (Å²) in [4.78, 5) is 2.16. The summed E-state index contributed by atoms with van der Waals surface area (Å²) in [5.74, 6) is 0.471. The largest absolute Gasteiger partial charge is 0.398 e. The van der Waals surface area contributed by atoms with E-state index in [0.717, 1.165) is 15.7 Å². The Hall–Kier alpha value is -0.590. The number of benzene rings is 1. The molecule has 2 N–H and O–H groups in total. The second-order valence-electron chi connectivity index (χ2n) is 4.74. The summed E-state index contributed by atoms with van der Waals surface area (Å²) < 4.78 is 24.0. The third-order valence-corrected chi connectivity index (χ3v) is 5.86. The van der Waals surface area contributed by atoms with Gasteiger partial charge in [-0.3, -0.25) is 4.90 Å². The van der Waals surface area contributed by atoms with Crippen molar-refractivity contribution in [1.29, 1.82) is 0 Å². The number of halogens is 1. The highest BCUT2D eigenvalue weighted by molar-refractivity contribution is 9.10. The molecule has 1 unspecified atom stereocenters. The fraction of sp³-hybridized carbons (Fsp3) is 0.500. The van der Waals surface area contributed by atoms with E-state index in [0.29, 0.717) is 13.1 Å². The lowest BCUT2D eigenvalue weighted by Gasteiger charge is -2.33. The standard InChI is InChI=1S/C12H17BrN2O2S/c1-9-8-18(16,17)6-5-15(9)7-10-11(13)3-2-4-12(10)14/h2-4,9H,5-8,14H2,1H3. The minimum atomic E-state index is -2.86. The summed E-state index contributed by atoms with van der Waals surface area (Å²) in [5.41, 5.74) is 7.73. The number of anilines is 1. The Kier molecular flexibility index (Phi) is 3.99. The molecule has 0 bridgehead atoms. The van der Waals surface area contributed by atoms with Crippen molar-refractivity contribution in [2.45, 2.75) is 19.5 Å². The number of sulfone groups is 1. The molecule has 1 atom stereocenters. The van der Waals surface area contributed by atoms with Gasteiger partial charge in [0, 0.05) is 34.9 Å². The van der Waals surface area contributed by atoms with Crippen LogP contribution in [0.25, 0.3) is 0 Å². The van der Waals surface area contributed by atoms with E-state index in [-0.39, 0.29) is 17.5 Å². The quantitative estimate of drug-likeness (QED) is 0.836. The molecule has 6 heteroatoms. The highest BCUT2D eigenvalue weighted by Crippen LogP contribution is 2.26. The maximum atomic E-state index is 11.5. The monoisotopic (exact) mass is 332 g/mol. The molecule has 4 nitrogen and oxygen atoms in total. The van der Waals surface area contributed by atoms with Gasteiger partial charge in [-0.05, 0) is 19.1 Å². The predicted octanol–water partition coefficient (Wildman–Crippen LogP) is 1.65. The minimum Gasteiger partial charge on any atom is -0.398 e. The van der Waals surface area contributed by atoms with Crippen molar-refractivity contribution in [2.75, 3.05) is 23.8 Å². The molecule has 0 spiro atoms. The van der Waals surface area contributed by atoms with Gasteiger partial charge in [-0.15, -0.1) is 0 Å². The van der Waals surface area contributed by atoms with Gasteiger partial charge in [0.15, 0.2) is 9.84 Å². The van der Waals surface area contributed by atoms with Crippen LogP contribution in [-0.2, 0) is 16.4 Å². The maximum Gasteiger partial charge on any atom is 0.153 e. The van der Waals surface area contributed by atoms with Crippen LogP contribution in [0, 0.1) is 0 Å². The number of rotatable bonds is 2. The normalized spacial score (nSPS) is 24.0. The number of hydrogen-bond acceptors (Lipinski definition) is 4. The molecule has 0 saturated carbocycles. The zero-order chi connectivity index (χ0) is 13.3. The van der Waals surface area contributed by atoms with E-state index >= 15 is 0 Å². The van der Waals surface area contributed by atoms with E-state index in [1.807, 2.05) is 25.1 Å². The van der Waals surface area contributed by atoms with E-state index < -0.39 is 9.84 Å². The first-order valence-corrected chi connectivity index (χ1v) is 8.48. The second-order valence-corrected chi connectivity index (χ2v) is 7.82. The highest BCUT2D eigenvalue weighted by atomic mass is 79.9. The Labute approximate surface area is 116 Å². The third kappa shape index (κ3) is 3.05. The van der Waals surface area contributed by atoms with Crippen LogP contribution in [0.15, 0.2) is 22.7 Å². The second kappa shape index (κ2) is 5.19. The molecule has 1 fully saturated rings. The Bertz CT molecular complexity index is 525. The third-order valence-electron chi connectivity index (χ3n) is 3.32. The van der Waals surface area contributed by atoms with Crippen LogP contribution in [0.1, 0.15) is 12.5 Å². The van der Waals surface area contributed by atoms with Gasteiger partial charge in [0.2, 0.25) is 0 Å². The molecule has 1 aliphatic heterocycles. The van der Waals surface area contributed by atoms with Gasteiger partial charge in [0.05, 0.1) is 11.5 Å². The van der Waals surface area contributed by atoms with Gasteiger partial charge in [-0.2, -0.15) is 0 Å². The van der Waals surface area contributed by atoms with Gasteiger partial charge in [0.25, 0.3) is 0 Å². The molecule has 100 valence electrons. The summed E-state index contributed by atoms with van der Waals surface area (Å²) in [6, 6.07) is 5.76. The van der Waals surface area contributed by atoms with Gasteiger partial charge < -0.3 is 5.73 Å². The lowest BCUT2D eigenvalue weighted by molar-refractivity contribution is 0.218. The maximum absolute atomic E-state index is 11.5. The minimum absolute atomic E-state index is 0.0373. The molecule has 0 aromatic heterocycles. The molecule has 1 aromatic rings. The van der Waals surface area contributed by atoms with Gasteiger partial charge in [0.1, 0.15) is 0 Å². The summed E-state index contributed by atoms with van der Waals surface area (Å²) in [6.07, 6.45) is 0. The summed E-state index contributed by atoms with van der Waals surface area (Å²) in [6.45, 7) is 3.21. The van der Waals surface area contributed by atoms with E-state index in [1.165, 1.54) is 0 Å². The first-order chi connectivity index (χ1) is 8.39. The molecule has 1 aliphatic rings. The van der Waals surface area contributed by atoms with Crippen LogP contribution in [-0.4, -0.2) is 37.4 Å². The van der Waals surface area contributed by atoms with E-state index in [2.05, 4.69) is 20.8 Å². The van der Waals surface area contributed by atoms with Crippen molar-refractivity contribution in [3.63, 3.8) is 0 Å². The lowest BCUT2D eigenvalue weighted by Crippen LogP contribution is -2.46. The fourth-order valence-electron chi connectivity index (χ4n) is 2.21. The predicted molar refractivity (Wildman–Crippen MR) is 77.1 cm³/mol. The smallest absolute Gasteiger partial charge is 0.153 e. The molecule has 2 rings (SSSR count). The molecule has 1 aromatic carbocycles. The van der Waals surface area contributed by atoms with Crippen LogP contribution in [0.2, 0.25) is 0 Å². The first-order valence-electron chi connectivity index (χ1n) is 5.86. The van der Waals surface area contributed by atoms with Crippen LogP contribution in [0.4, 0.5) is 5.69 Å². The van der Waals surface area contributed by atoms with Crippen LogP contribution >= 0.6 is 15.9 Å². The molecule has 0 aliphatic carbocycles. The van der Waals surface area contributed by atoms with Crippen molar-refractivity contribution in [1.82, 2.24) is 4.90 Å². The topological polar surface area (TPSA) is 63.4 Å². The molecule has 1 saturated heterocycles. The Morgan fingerprint density at radius 1 is 1.50 bits per heavy atom. The van der Waals surface area contributed by atoms with E-state index in [9.17, 15) is 8.42 Å². The zero-order valence-electron chi connectivity index (χ0n) is 10.3. The SMILES string of the molecule is CC1CS(=O)(=O)CCN1Cc1c(N)cccc1Br. The number of hydrogen-bond donors (Lipinski definition) is 1. The van der Waals surface area contributed by atoms with Crippen LogP contribution in [0.3, 0.4) is 0 Å². The van der Waals surface area contributed by atoms with Gasteiger partial charge in [-0.1, -0.05) is 22.0 Å². The Balaban J connectivity index is 2.15. The van der Waals surface area contributed by atoms with Crippen LogP contribution < -0.4 is 5.73 Å². The van der Waals surface area contributed by atoms with Crippen molar-refractivity contribution in [3.8, 4) is 0 Å².